The van der Waals surface area contributed by atoms with Crippen molar-refractivity contribution in [2.45, 2.75) is 19.8 Å². The second kappa shape index (κ2) is 7.20. The van der Waals surface area contributed by atoms with Gasteiger partial charge in [0, 0.05) is 11.8 Å². The van der Waals surface area contributed by atoms with Crippen LogP contribution >= 0.6 is 15.9 Å². The van der Waals surface area contributed by atoms with Crippen LogP contribution in [0.3, 0.4) is 0 Å². The first-order valence-electron chi connectivity index (χ1n) is 6.60. The lowest BCUT2D eigenvalue weighted by Crippen LogP contribution is -2.04. The van der Waals surface area contributed by atoms with Crippen molar-refractivity contribution in [2.75, 3.05) is 6.61 Å². The average molecular weight is 334 g/mol. The minimum absolute atomic E-state index is 0.0640. The number of ether oxygens (including phenoxy) is 1. The molecule has 0 spiro atoms. The average Bonchev–Trinajstić information content (AvgIpc) is 2.48. The number of rotatable bonds is 6. The Morgan fingerprint density at radius 1 is 1.30 bits per heavy atom. The number of benzene rings is 1. The third-order valence-electron chi connectivity index (χ3n) is 2.87. The van der Waals surface area contributed by atoms with Crippen molar-refractivity contribution in [3.63, 3.8) is 0 Å². The van der Waals surface area contributed by atoms with Crippen LogP contribution in [-0.4, -0.2) is 17.4 Å². The summed E-state index contributed by atoms with van der Waals surface area (Å²) < 4.78 is 6.18. The minimum Gasteiger partial charge on any atom is -0.494 e. The molecule has 0 atom stereocenters. The molecule has 0 saturated carbocycles. The molecule has 0 N–H and O–H groups in total. The molecule has 0 radical (unpaired) electrons. The van der Waals surface area contributed by atoms with Gasteiger partial charge in [0.25, 0.3) is 0 Å². The highest BCUT2D eigenvalue weighted by Gasteiger charge is 2.13. The van der Waals surface area contributed by atoms with E-state index >= 15 is 0 Å². The minimum atomic E-state index is -0.0640. The van der Waals surface area contributed by atoms with Crippen molar-refractivity contribution in [2.24, 2.45) is 0 Å². The lowest BCUT2D eigenvalue weighted by Gasteiger charge is -2.07. The van der Waals surface area contributed by atoms with E-state index in [9.17, 15) is 4.79 Å². The zero-order valence-electron chi connectivity index (χ0n) is 11.3. The first-order chi connectivity index (χ1) is 9.72. The van der Waals surface area contributed by atoms with Gasteiger partial charge in [0.15, 0.2) is 5.78 Å². The number of carbonyl (C=O) groups excluding carboxylic acids is 1. The van der Waals surface area contributed by atoms with Gasteiger partial charge in [-0.15, -0.1) is 0 Å². The van der Waals surface area contributed by atoms with Gasteiger partial charge in [-0.1, -0.05) is 25.5 Å². The summed E-state index contributed by atoms with van der Waals surface area (Å²) in [5.41, 5.74) is 1.16. The van der Waals surface area contributed by atoms with E-state index in [1.54, 1.807) is 30.5 Å². The van der Waals surface area contributed by atoms with Crippen molar-refractivity contribution in [3.05, 3.63) is 58.3 Å². The summed E-state index contributed by atoms with van der Waals surface area (Å²) in [5.74, 6) is 0.662. The van der Waals surface area contributed by atoms with E-state index in [4.69, 9.17) is 4.74 Å². The molecule has 1 aromatic heterocycles. The normalized spacial score (nSPS) is 10.3. The fourth-order valence-electron chi connectivity index (χ4n) is 1.77. The van der Waals surface area contributed by atoms with Crippen LogP contribution in [0.5, 0.6) is 5.75 Å². The maximum atomic E-state index is 12.4. The second-order valence-corrected chi connectivity index (χ2v) is 5.15. The summed E-state index contributed by atoms with van der Waals surface area (Å²) in [5, 5.41) is 0. The van der Waals surface area contributed by atoms with Gasteiger partial charge in [0.2, 0.25) is 0 Å². The number of unbranched alkanes of at least 4 members (excludes halogenated alkanes) is 1. The summed E-state index contributed by atoms with van der Waals surface area (Å²) >= 11 is 3.30. The van der Waals surface area contributed by atoms with E-state index in [0.29, 0.717) is 22.3 Å². The van der Waals surface area contributed by atoms with E-state index in [2.05, 4.69) is 27.8 Å². The Morgan fingerprint density at radius 2 is 2.15 bits per heavy atom. The van der Waals surface area contributed by atoms with Crippen molar-refractivity contribution < 1.29 is 9.53 Å². The summed E-state index contributed by atoms with van der Waals surface area (Å²) in [7, 11) is 0. The van der Waals surface area contributed by atoms with Crippen LogP contribution in [0, 0.1) is 0 Å². The Morgan fingerprint density at radius 3 is 2.90 bits per heavy atom. The first-order valence-corrected chi connectivity index (χ1v) is 7.39. The van der Waals surface area contributed by atoms with Crippen LogP contribution in [0.4, 0.5) is 0 Å². The number of hydrogen-bond donors (Lipinski definition) is 0. The number of pyridine rings is 1. The van der Waals surface area contributed by atoms with Gasteiger partial charge in [0.05, 0.1) is 12.2 Å². The van der Waals surface area contributed by atoms with Gasteiger partial charge in [-0.25, -0.2) is 4.98 Å². The third-order valence-corrected chi connectivity index (χ3v) is 3.50. The predicted molar refractivity (Wildman–Crippen MR) is 82.2 cm³/mol. The summed E-state index contributed by atoms with van der Waals surface area (Å²) in [6.45, 7) is 2.79. The Hall–Kier alpha value is -1.68. The van der Waals surface area contributed by atoms with Crippen LogP contribution in [0.25, 0.3) is 0 Å². The zero-order valence-corrected chi connectivity index (χ0v) is 12.9. The highest BCUT2D eigenvalue weighted by Crippen LogP contribution is 2.20. The molecule has 0 unspecified atom stereocenters. The molecule has 104 valence electrons. The van der Waals surface area contributed by atoms with Crippen molar-refractivity contribution in [3.8, 4) is 5.75 Å². The highest BCUT2D eigenvalue weighted by atomic mass is 79.9. The maximum Gasteiger partial charge on any atom is 0.195 e. The number of nitrogens with zero attached hydrogens (tertiary/aromatic N) is 1. The quantitative estimate of drug-likeness (QED) is 0.450. The van der Waals surface area contributed by atoms with Crippen molar-refractivity contribution >= 4 is 21.7 Å². The fourth-order valence-corrected chi connectivity index (χ4v) is 2.20. The molecule has 0 bridgehead atoms. The van der Waals surface area contributed by atoms with Crippen LogP contribution < -0.4 is 4.74 Å². The molecule has 1 aromatic carbocycles. The number of carbonyl (C=O) groups is 1. The first kappa shape index (κ1) is 14.7. The van der Waals surface area contributed by atoms with E-state index in [0.717, 1.165) is 18.6 Å². The van der Waals surface area contributed by atoms with E-state index in [1.165, 1.54) is 0 Å². The maximum absolute atomic E-state index is 12.4. The van der Waals surface area contributed by atoms with Gasteiger partial charge < -0.3 is 4.74 Å². The largest absolute Gasteiger partial charge is 0.494 e. The summed E-state index contributed by atoms with van der Waals surface area (Å²) in [4.78, 5) is 16.5. The van der Waals surface area contributed by atoms with E-state index in [-0.39, 0.29) is 5.78 Å². The summed E-state index contributed by atoms with van der Waals surface area (Å²) in [6, 6.07) is 10.8. The van der Waals surface area contributed by atoms with Gasteiger partial charge in [0.1, 0.15) is 10.4 Å². The van der Waals surface area contributed by atoms with Gasteiger partial charge in [-0.05, 0) is 46.6 Å². The SMILES string of the molecule is CCCCOc1cccc(C(=O)c2cccnc2Br)c1. The molecule has 1 heterocycles. The van der Waals surface area contributed by atoms with Crippen LogP contribution in [0.1, 0.15) is 35.7 Å². The Balaban J connectivity index is 2.18. The number of aromatic nitrogens is 1. The molecule has 0 saturated heterocycles. The lowest BCUT2D eigenvalue weighted by molar-refractivity contribution is 0.103. The van der Waals surface area contributed by atoms with Gasteiger partial charge in [-0.2, -0.15) is 0 Å². The fraction of sp³-hybridized carbons (Fsp3) is 0.250. The summed E-state index contributed by atoms with van der Waals surface area (Å²) in [6.07, 6.45) is 3.73. The smallest absolute Gasteiger partial charge is 0.195 e. The molecule has 0 aliphatic rings. The highest BCUT2D eigenvalue weighted by molar-refractivity contribution is 9.10. The number of halogens is 1. The third kappa shape index (κ3) is 3.67. The molecule has 0 amide bonds. The Labute approximate surface area is 127 Å². The molecular weight excluding hydrogens is 318 g/mol. The molecule has 4 heteroatoms. The van der Waals surface area contributed by atoms with E-state index in [1.807, 2.05) is 12.1 Å². The van der Waals surface area contributed by atoms with Gasteiger partial charge in [-0.3, -0.25) is 4.79 Å². The van der Waals surface area contributed by atoms with Crippen LogP contribution in [0.15, 0.2) is 47.2 Å². The molecule has 0 aliphatic carbocycles. The van der Waals surface area contributed by atoms with E-state index < -0.39 is 0 Å². The number of ketones is 1. The Kier molecular flexibility index (Phi) is 5.30. The standard InChI is InChI=1S/C16H16BrNO2/c1-2-3-10-20-13-7-4-6-12(11-13)15(19)14-8-5-9-18-16(14)17/h4-9,11H,2-3,10H2,1H3. The zero-order chi connectivity index (χ0) is 14.4. The second-order valence-electron chi connectivity index (χ2n) is 4.40. The number of hydrogen-bond acceptors (Lipinski definition) is 3. The molecule has 3 nitrogen and oxygen atoms in total. The molecule has 2 rings (SSSR count). The molecule has 2 aromatic rings. The molecule has 0 fully saturated rings. The monoisotopic (exact) mass is 333 g/mol. The molecule has 0 aliphatic heterocycles. The van der Waals surface area contributed by atoms with Crippen molar-refractivity contribution in [1.82, 2.24) is 4.98 Å². The molecular formula is C16H16BrNO2. The lowest BCUT2D eigenvalue weighted by atomic mass is 10.1. The van der Waals surface area contributed by atoms with Gasteiger partial charge >= 0.3 is 0 Å². The molecule has 20 heavy (non-hydrogen) atoms. The predicted octanol–water partition coefficient (Wildman–Crippen LogP) is 4.25. The van der Waals surface area contributed by atoms with Crippen molar-refractivity contribution in [1.29, 1.82) is 0 Å². The van der Waals surface area contributed by atoms with Crippen LogP contribution in [0.2, 0.25) is 0 Å². The Bertz CT molecular complexity index is 599. The topological polar surface area (TPSA) is 39.2 Å². The van der Waals surface area contributed by atoms with Crippen LogP contribution in [-0.2, 0) is 0 Å².